The van der Waals surface area contributed by atoms with E-state index >= 15 is 0 Å². The summed E-state index contributed by atoms with van der Waals surface area (Å²) in [4.78, 5) is 0. The predicted octanol–water partition coefficient (Wildman–Crippen LogP) is 3.79. The first-order chi connectivity index (χ1) is 9.03. The number of fused-ring (bicyclic) bond motifs is 1. The first-order valence-electron chi connectivity index (χ1n) is 7.74. The monoisotopic (exact) mass is 257 g/mol. The minimum Gasteiger partial charge on any atom is -0.319 e. The molecule has 2 aliphatic rings. The lowest BCUT2D eigenvalue weighted by atomic mass is 9.75. The maximum atomic E-state index is 3.46. The van der Waals surface area contributed by atoms with Crippen LogP contribution in [-0.4, -0.2) is 13.6 Å². The molecule has 0 aliphatic heterocycles. The molecular formula is C18H27N. The largest absolute Gasteiger partial charge is 0.319 e. The van der Waals surface area contributed by atoms with Gasteiger partial charge in [-0.05, 0) is 87.4 Å². The average molecular weight is 257 g/mol. The van der Waals surface area contributed by atoms with Gasteiger partial charge >= 0.3 is 0 Å². The summed E-state index contributed by atoms with van der Waals surface area (Å²) in [6, 6.07) is 4.70. The fraction of sp³-hybridized carbons (Fsp3) is 0.667. The van der Waals surface area contributed by atoms with Crippen LogP contribution in [0, 0.1) is 38.0 Å². The Morgan fingerprint density at radius 1 is 1.11 bits per heavy atom. The van der Waals surface area contributed by atoms with Crippen LogP contribution in [0.25, 0.3) is 0 Å². The van der Waals surface area contributed by atoms with E-state index in [2.05, 4.69) is 45.3 Å². The van der Waals surface area contributed by atoms with Gasteiger partial charge in [0.15, 0.2) is 0 Å². The quantitative estimate of drug-likeness (QED) is 0.865. The van der Waals surface area contributed by atoms with Crippen LogP contribution in [-0.2, 0) is 6.42 Å². The van der Waals surface area contributed by atoms with Crippen molar-refractivity contribution in [3.63, 3.8) is 0 Å². The van der Waals surface area contributed by atoms with E-state index in [1.165, 1.54) is 48.9 Å². The Morgan fingerprint density at radius 2 is 1.68 bits per heavy atom. The van der Waals surface area contributed by atoms with Gasteiger partial charge in [0, 0.05) is 6.54 Å². The van der Waals surface area contributed by atoms with Crippen LogP contribution in [0.1, 0.15) is 41.5 Å². The zero-order valence-electron chi connectivity index (χ0n) is 12.8. The number of nitrogens with one attached hydrogen (secondary N) is 1. The van der Waals surface area contributed by atoms with Gasteiger partial charge in [-0.3, -0.25) is 0 Å². The van der Waals surface area contributed by atoms with Crippen molar-refractivity contribution in [2.24, 2.45) is 17.3 Å². The first-order valence-corrected chi connectivity index (χ1v) is 7.74. The maximum Gasteiger partial charge on any atom is 0.000821 e. The lowest BCUT2D eigenvalue weighted by molar-refractivity contribution is 0.254. The minimum absolute atomic E-state index is 0.535. The molecule has 1 N–H and O–H groups in total. The summed E-state index contributed by atoms with van der Waals surface area (Å²) in [7, 11) is 2.11. The van der Waals surface area contributed by atoms with Crippen molar-refractivity contribution in [2.45, 2.75) is 46.5 Å². The number of hydrogen-bond acceptors (Lipinski definition) is 1. The van der Waals surface area contributed by atoms with Gasteiger partial charge in [0.25, 0.3) is 0 Å². The molecule has 1 aromatic rings. The van der Waals surface area contributed by atoms with Crippen molar-refractivity contribution in [1.82, 2.24) is 5.32 Å². The van der Waals surface area contributed by atoms with E-state index in [1.54, 1.807) is 5.56 Å². The van der Waals surface area contributed by atoms with E-state index in [0.717, 1.165) is 11.8 Å². The number of rotatable bonds is 4. The SMILES string of the molecule is CNCC1(Cc2c(C)cc(C)cc2C)CC2CC2C1. The highest BCUT2D eigenvalue weighted by Gasteiger charge is 2.53. The molecule has 0 heterocycles. The van der Waals surface area contributed by atoms with E-state index in [4.69, 9.17) is 0 Å². The summed E-state index contributed by atoms with van der Waals surface area (Å²) < 4.78 is 0. The van der Waals surface area contributed by atoms with Crippen LogP contribution in [0.15, 0.2) is 12.1 Å². The van der Waals surface area contributed by atoms with Crippen molar-refractivity contribution in [3.05, 3.63) is 34.4 Å². The molecule has 2 atom stereocenters. The minimum atomic E-state index is 0.535. The Hall–Kier alpha value is -0.820. The van der Waals surface area contributed by atoms with E-state index in [9.17, 15) is 0 Å². The molecular weight excluding hydrogens is 230 g/mol. The Bertz CT molecular complexity index is 455. The Morgan fingerprint density at radius 3 is 2.21 bits per heavy atom. The summed E-state index contributed by atoms with van der Waals surface area (Å²) in [5, 5.41) is 3.46. The molecule has 2 fully saturated rings. The highest BCUT2D eigenvalue weighted by Crippen LogP contribution is 2.60. The second-order valence-electron chi connectivity index (χ2n) is 7.25. The molecule has 0 bridgehead atoms. The van der Waals surface area contributed by atoms with Gasteiger partial charge in [-0.1, -0.05) is 17.7 Å². The van der Waals surface area contributed by atoms with Crippen LogP contribution in [0.4, 0.5) is 0 Å². The molecule has 2 unspecified atom stereocenters. The highest BCUT2D eigenvalue weighted by atomic mass is 14.8. The second kappa shape index (κ2) is 4.63. The van der Waals surface area contributed by atoms with E-state index in [-0.39, 0.29) is 0 Å². The molecule has 104 valence electrons. The molecule has 0 aromatic heterocycles. The second-order valence-corrected chi connectivity index (χ2v) is 7.25. The zero-order chi connectivity index (χ0) is 13.6. The molecule has 3 rings (SSSR count). The first kappa shape index (κ1) is 13.2. The molecule has 1 nitrogen and oxygen atoms in total. The summed E-state index contributed by atoms with van der Waals surface area (Å²) in [5.74, 6) is 2.11. The van der Waals surface area contributed by atoms with Crippen molar-refractivity contribution in [1.29, 1.82) is 0 Å². The van der Waals surface area contributed by atoms with Crippen molar-refractivity contribution in [2.75, 3.05) is 13.6 Å². The van der Waals surface area contributed by atoms with Gasteiger partial charge in [-0.2, -0.15) is 0 Å². The van der Waals surface area contributed by atoms with Gasteiger partial charge in [-0.25, -0.2) is 0 Å². The van der Waals surface area contributed by atoms with Gasteiger partial charge in [0.2, 0.25) is 0 Å². The van der Waals surface area contributed by atoms with E-state index < -0.39 is 0 Å². The Labute approximate surface area is 117 Å². The number of benzene rings is 1. The molecule has 2 saturated carbocycles. The normalized spacial score (nSPS) is 32.4. The highest BCUT2D eigenvalue weighted by molar-refractivity contribution is 5.38. The van der Waals surface area contributed by atoms with Crippen LogP contribution < -0.4 is 5.32 Å². The lowest BCUT2D eigenvalue weighted by Crippen LogP contribution is -2.34. The summed E-state index contributed by atoms with van der Waals surface area (Å²) in [6.07, 6.45) is 5.69. The van der Waals surface area contributed by atoms with Gasteiger partial charge in [-0.15, -0.1) is 0 Å². The summed E-state index contributed by atoms with van der Waals surface area (Å²) in [5.41, 5.74) is 6.53. The smallest absolute Gasteiger partial charge is 0.000821 e. The average Bonchev–Trinajstić information content (AvgIpc) is 2.93. The molecule has 0 amide bonds. The third kappa shape index (κ3) is 2.45. The molecule has 2 aliphatic carbocycles. The van der Waals surface area contributed by atoms with Gasteiger partial charge in [0.05, 0.1) is 0 Å². The lowest BCUT2D eigenvalue weighted by Gasteiger charge is -2.32. The van der Waals surface area contributed by atoms with Crippen LogP contribution in [0.5, 0.6) is 0 Å². The molecule has 0 saturated heterocycles. The van der Waals surface area contributed by atoms with Gasteiger partial charge < -0.3 is 5.32 Å². The fourth-order valence-electron chi connectivity index (χ4n) is 4.60. The molecule has 1 aromatic carbocycles. The zero-order valence-corrected chi connectivity index (χ0v) is 12.8. The molecule has 19 heavy (non-hydrogen) atoms. The van der Waals surface area contributed by atoms with E-state index in [1.807, 2.05) is 0 Å². The third-order valence-electron chi connectivity index (χ3n) is 5.40. The van der Waals surface area contributed by atoms with Gasteiger partial charge in [0.1, 0.15) is 0 Å². The van der Waals surface area contributed by atoms with Crippen molar-refractivity contribution < 1.29 is 0 Å². The van der Waals surface area contributed by atoms with Crippen molar-refractivity contribution in [3.8, 4) is 0 Å². The fourth-order valence-corrected chi connectivity index (χ4v) is 4.60. The number of aryl methyl sites for hydroxylation is 3. The van der Waals surface area contributed by atoms with Crippen LogP contribution >= 0.6 is 0 Å². The maximum absolute atomic E-state index is 3.46. The van der Waals surface area contributed by atoms with Crippen LogP contribution in [0.3, 0.4) is 0 Å². The molecule has 0 radical (unpaired) electrons. The van der Waals surface area contributed by atoms with Crippen LogP contribution in [0.2, 0.25) is 0 Å². The summed E-state index contributed by atoms with van der Waals surface area (Å²) >= 11 is 0. The molecule has 0 spiro atoms. The summed E-state index contributed by atoms with van der Waals surface area (Å²) in [6.45, 7) is 7.97. The van der Waals surface area contributed by atoms with Crippen molar-refractivity contribution >= 4 is 0 Å². The Kier molecular flexibility index (Phi) is 3.21. The number of hydrogen-bond donors (Lipinski definition) is 1. The predicted molar refractivity (Wildman–Crippen MR) is 81.5 cm³/mol. The molecule has 1 heteroatoms. The third-order valence-corrected chi connectivity index (χ3v) is 5.40. The Balaban J connectivity index is 1.86. The standard InChI is InChI=1S/C18H27N/c1-12-5-13(2)17(14(3)6-12)10-18(11-19-4)8-15-7-16(15)9-18/h5-6,15-16,19H,7-11H2,1-4H3. The van der Waals surface area contributed by atoms with E-state index in [0.29, 0.717) is 5.41 Å². The topological polar surface area (TPSA) is 12.0 Å².